The monoisotopic (exact) mass is 267 g/mol. The van der Waals surface area contributed by atoms with Gasteiger partial charge in [-0.2, -0.15) is 0 Å². The molecule has 0 saturated heterocycles. The van der Waals surface area contributed by atoms with Crippen LogP contribution < -0.4 is 0 Å². The standard InChI is InChI=1S/C13H17NO3S/c15-9-10-6-7-13(12(8-10)14(16)17)18-11-4-2-1-3-5-11/h6-8,11,15H,1-5,9H2. The number of hydrogen-bond donors (Lipinski definition) is 1. The van der Waals surface area contributed by atoms with Gasteiger partial charge < -0.3 is 5.11 Å². The summed E-state index contributed by atoms with van der Waals surface area (Å²) in [5, 5.41) is 20.6. The van der Waals surface area contributed by atoms with Crippen LogP contribution in [0.15, 0.2) is 23.1 Å². The average molecular weight is 267 g/mol. The second-order valence-corrected chi connectivity index (χ2v) is 5.94. The van der Waals surface area contributed by atoms with Crippen LogP contribution in [-0.2, 0) is 6.61 Å². The number of thioether (sulfide) groups is 1. The van der Waals surface area contributed by atoms with Crippen LogP contribution in [0.1, 0.15) is 37.7 Å². The average Bonchev–Trinajstić information content (AvgIpc) is 2.40. The van der Waals surface area contributed by atoms with Crippen LogP contribution in [0.3, 0.4) is 0 Å². The molecule has 0 aliphatic heterocycles. The number of rotatable bonds is 4. The number of nitro benzene ring substituents is 1. The molecule has 0 atom stereocenters. The lowest BCUT2D eigenvalue weighted by Crippen LogP contribution is -2.08. The Labute approximate surface area is 111 Å². The first-order valence-electron chi connectivity index (χ1n) is 6.25. The van der Waals surface area contributed by atoms with E-state index in [4.69, 9.17) is 5.11 Å². The van der Waals surface area contributed by atoms with Gasteiger partial charge in [0.05, 0.1) is 16.4 Å². The van der Waals surface area contributed by atoms with Crippen LogP contribution >= 0.6 is 11.8 Å². The molecule has 1 aliphatic rings. The first-order chi connectivity index (χ1) is 8.70. The zero-order valence-corrected chi connectivity index (χ0v) is 11.0. The molecule has 0 bridgehead atoms. The highest BCUT2D eigenvalue weighted by Gasteiger charge is 2.20. The van der Waals surface area contributed by atoms with Crippen LogP contribution in [0.5, 0.6) is 0 Å². The quantitative estimate of drug-likeness (QED) is 0.669. The molecule has 0 radical (unpaired) electrons. The molecule has 1 N–H and O–H groups in total. The van der Waals surface area contributed by atoms with Crippen molar-refractivity contribution < 1.29 is 10.0 Å². The highest BCUT2D eigenvalue weighted by molar-refractivity contribution is 8.00. The molecule has 18 heavy (non-hydrogen) atoms. The summed E-state index contributed by atoms with van der Waals surface area (Å²) in [6.07, 6.45) is 6.01. The Morgan fingerprint density at radius 2 is 2.06 bits per heavy atom. The fourth-order valence-corrected chi connectivity index (χ4v) is 3.60. The summed E-state index contributed by atoms with van der Waals surface area (Å²) in [6, 6.07) is 5.01. The van der Waals surface area contributed by atoms with Crippen LogP contribution in [0, 0.1) is 10.1 Å². The molecule has 1 aromatic rings. The molecule has 0 aromatic heterocycles. The van der Waals surface area contributed by atoms with Crippen molar-refractivity contribution in [1.29, 1.82) is 0 Å². The summed E-state index contributed by atoms with van der Waals surface area (Å²) < 4.78 is 0. The van der Waals surface area contributed by atoms with Crippen molar-refractivity contribution in [2.75, 3.05) is 0 Å². The van der Waals surface area contributed by atoms with E-state index in [9.17, 15) is 10.1 Å². The fourth-order valence-electron chi connectivity index (χ4n) is 2.27. The number of aliphatic hydroxyl groups excluding tert-OH is 1. The van der Waals surface area contributed by atoms with Gasteiger partial charge in [0.2, 0.25) is 0 Å². The molecule has 5 heteroatoms. The van der Waals surface area contributed by atoms with Gasteiger partial charge in [0.25, 0.3) is 5.69 Å². The SMILES string of the molecule is O=[N+]([O-])c1cc(CO)ccc1SC1CCCCC1. The van der Waals surface area contributed by atoms with Gasteiger partial charge >= 0.3 is 0 Å². The van der Waals surface area contributed by atoms with Crippen LogP contribution in [0.25, 0.3) is 0 Å². The van der Waals surface area contributed by atoms with Gasteiger partial charge in [0, 0.05) is 11.3 Å². The number of benzene rings is 1. The minimum Gasteiger partial charge on any atom is -0.392 e. The largest absolute Gasteiger partial charge is 0.392 e. The van der Waals surface area contributed by atoms with E-state index in [0.717, 1.165) is 17.7 Å². The van der Waals surface area contributed by atoms with E-state index in [1.54, 1.807) is 23.9 Å². The lowest BCUT2D eigenvalue weighted by atomic mass is 10.0. The molecule has 0 unspecified atom stereocenters. The number of nitrogens with zero attached hydrogens (tertiary/aromatic N) is 1. The predicted molar refractivity (Wildman–Crippen MR) is 71.7 cm³/mol. The predicted octanol–water partition coefficient (Wildman–Crippen LogP) is 3.51. The van der Waals surface area contributed by atoms with Crippen LogP contribution in [0.2, 0.25) is 0 Å². The van der Waals surface area contributed by atoms with Crippen molar-refractivity contribution in [2.24, 2.45) is 0 Å². The normalized spacial score (nSPS) is 16.7. The van der Waals surface area contributed by atoms with E-state index >= 15 is 0 Å². The third-order valence-electron chi connectivity index (χ3n) is 3.25. The summed E-state index contributed by atoms with van der Waals surface area (Å²) in [7, 11) is 0. The molecule has 98 valence electrons. The molecule has 4 nitrogen and oxygen atoms in total. The molecule has 0 amide bonds. The van der Waals surface area contributed by atoms with Gasteiger partial charge in [0.1, 0.15) is 0 Å². The zero-order valence-electron chi connectivity index (χ0n) is 10.2. The molecule has 0 heterocycles. The summed E-state index contributed by atoms with van der Waals surface area (Å²) in [4.78, 5) is 11.4. The maximum absolute atomic E-state index is 11.0. The van der Waals surface area contributed by atoms with E-state index in [0.29, 0.717) is 10.8 Å². The molecule has 1 fully saturated rings. The Kier molecular flexibility index (Phi) is 4.60. The van der Waals surface area contributed by atoms with Crippen molar-refractivity contribution in [2.45, 2.75) is 48.9 Å². The molecule has 0 spiro atoms. The first kappa shape index (κ1) is 13.4. The molecular formula is C13H17NO3S. The Hall–Kier alpha value is -1.07. The molecule has 1 aromatic carbocycles. The van der Waals surface area contributed by atoms with Crippen molar-refractivity contribution in [1.82, 2.24) is 0 Å². The van der Waals surface area contributed by atoms with E-state index in [1.807, 2.05) is 0 Å². The lowest BCUT2D eigenvalue weighted by molar-refractivity contribution is -0.387. The Balaban J connectivity index is 2.17. The Morgan fingerprint density at radius 3 is 2.67 bits per heavy atom. The van der Waals surface area contributed by atoms with Crippen molar-refractivity contribution in [3.63, 3.8) is 0 Å². The minimum atomic E-state index is -0.357. The smallest absolute Gasteiger partial charge is 0.283 e. The van der Waals surface area contributed by atoms with Crippen molar-refractivity contribution in [3.8, 4) is 0 Å². The van der Waals surface area contributed by atoms with Gasteiger partial charge in [-0.05, 0) is 24.5 Å². The number of aliphatic hydroxyl groups is 1. The maximum atomic E-state index is 11.0. The lowest BCUT2D eigenvalue weighted by Gasteiger charge is -2.20. The third-order valence-corrected chi connectivity index (χ3v) is 4.65. The van der Waals surface area contributed by atoms with Gasteiger partial charge in [-0.15, -0.1) is 11.8 Å². The topological polar surface area (TPSA) is 63.4 Å². The molecule has 2 rings (SSSR count). The van der Waals surface area contributed by atoms with Crippen molar-refractivity contribution >= 4 is 17.4 Å². The molecular weight excluding hydrogens is 250 g/mol. The minimum absolute atomic E-state index is 0.122. The highest BCUT2D eigenvalue weighted by Crippen LogP contribution is 2.38. The van der Waals surface area contributed by atoms with E-state index in [2.05, 4.69) is 0 Å². The van der Waals surface area contributed by atoms with Gasteiger partial charge in [0.15, 0.2) is 0 Å². The second kappa shape index (κ2) is 6.20. The fraction of sp³-hybridized carbons (Fsp3) is 0.538. The maximum Gasteiger partial charge on any atom is 0.283 e. The highest BCUT2D eigenvalue weighted by atomic mass is 32.2. The van der Waals surface area contributed by atoms with Crippen molar-refractivity contribution in [3.05, 3.63) is 33.9 Å². The van der Waals surface area contributed by atoms with E-state index in [-0.39, 0.29) is 17.2 Å². The zero-order chi connectivity index (χ0) is 13.0. The van der Waals surface area contributed by atoms with Gasteiger partial charge in [-0.25, -0.2) is 0 Å². The third kappa shape index (κ3) is 3.23. The summed E-state index contributed by atoms with van der Waals surface area (Å²) in [6.45, 7) is -0.158. The Bertz CT molecular complexity index is 430. The molecule has 1 saturated carbocycles. The number of hydrogen-bond acceptors (Lipinski definition) is 4. The van der Waals surface area contributed by atoms with Crippen LogP contribution in [0.4, 0.5) is 5.69 Å². The van der Waals surface area contributed by atoms with E-state index < -0.39 is 0 Å². The van der Waals surface area contributed by atoms with Gasteiger partial charge in [-0.3, -0.25) is 10.1 Å². The molecule has 1 aliphatic carbocycles. The summed E-state index contributed by atoms with van der Waals surface area (Å²) in [5.41, 5.74) is 0.715. The van der Waals surface area contributed by atoms with Gasteiger partial charge in [-0.1, -0.05) is 25.3 Å². The van der Waals surface area contributed by atoms with Crippen LogP contribution in [-0.4, -0.2) is 15.3 Å². The Morgan fingerprint density at radius 1 is 1.33 bits per heavy atom. The number of nitro groups is 1. The summed E-state index contributed by atoms with van der Waals surface area (Å²) in [5.74, 6) is 0. The first-order valence-corrected chi connectivity index (χ1v) is 7.13. The summed E-state index contributed by atoms with van der Waals surface area (Å²) >= 11 is 1.62. The second-order valence-electron chi connectivity index (χ2n) is 4.60. The van der Waals surface area contributed by atoms with E-state index in [1.165, 1.54) is 25.3 Å².